The minimum absolute atomic E-state index is 0.0316. The van der Waals surface area contributed by atoms with Gasteiger partial charge in [-0.05, 0) is 36.3 Å². The van der Waals surface area contributed by atoms with Gasteiger partial charge in [0, 0.05) is 18.5 Å². The molecule has 1 atom stereocenters. The highest BCUT2D eigenvalue weighted by atomic mass is 16.1. The summed E-state index contributed by atoms with van der Waals surface area (Å²) in [5.41, 5.74) is 2.05. The summed E-state index contributed by atoms with van der Waals surface area (Å²) in [7, 11) is 0. The minimum Gasteiger partial charge on any atom is -0.346 e. The Morgan fingerprint density at radius 3 is 2.53 bits per heavy atom. The number of pyridine rings is 1. The summed E-state index contributed by atoms with van der Waals surface area (Å²) in [6.45, 7) is 1.95. The Morgan fingerprint density at radius 2 is 1.84 bits per heavy atom. The molecule has 0 fully saturated rings. The molecule has 0 aliphatic rings. The monoisotopic (exact) mass is 252 g/mol. The lowest BCUT2D eigenvalue weighted by atomic mass is 10.1. The first-order chi connectivity index (χ1) is 9.25. The molecule has 0 radical (unpaired) electrons. The molecule has 0 bridgehead atoms. The van der Waals surface area contributed by atoms with Crippen molar-refractivity contribution >= 4 is 12.0 Å². The van der Waals surface area contributed by atoms with Crippen molar-refractivity contribution in [1.82, 2.24) is 10.3 Å². The van der Waals surface area contributed by atoms with Crippen LogP contribution in [-0.4, -0.2) is 10.9 Å². The fourth-order valence-electron chi connectivity index (χ4n) is 1.73. The summed E-state index contributed by atoms with van der Waals surface area (Å²) in [6, 6.07) is 13.5. The predicted molar refractivity (Wildman–Crippen MR) is 76.3 cm³/mol. The van der Waals surface area contributed by atoms with Crippen LogP contribution in [-0.2, 0) is 4.79 Å². The summed E-state index contributed by atoms with van der Waals surface area (Å²) in [4.78, 5) is 15.7. The second kappa shape index (κ2) is 6.50. The Balaban J connectivity index is 1.93. The van der Waals surface area contributed by atoms with E-state index < -0.39 is 0 Å². The minimum atomic E-state index is -0.104. The van der Waals surface area contributed by atoms with E-state index in [9.17, 15) is 4.79 Å². The van der Waals surface area contributed by atoms with Crippen molar-refractivity contribution < 1.29 is 4.79 Å². The number of carbonyl (C=O) groups excluding carboxylic acids is 1. The van der Waals surface area contributed by atoms with E-state index in [0.29, 0.717) is 0 Å². The molecule has 3 heteroatoms. The summed E-state index contributed by atoms with van der Waals surface area (Å²) in [5, 5.41) is 2.91. The first-order valence-electron chi connectivity index (χ1n) is 6.19. The van der Waals surface area contributed by atoms with E-state index in [1.165, 1.54) is 0 Å². The van der Waals surface area contributed by atoms with Gasteiger partial charge >= 0.3 is 0 Å². The largest absolute Gasteiger partial charge is 0.346 e. The van der Waals surface area contributed by atoms with Gasteiger partial charge in [-0.15, -0.1) is 0 Å². The van der Waals surface area contributed by atoms with Crippen LogP contribution in [0.3, 0.4) is 0 Å². The van der Waals surface area contributed by atoms with Gasteiger partial charge in [0.15, 0.2) is 0 Å². The lowest BCUT2D eigenvalue weighted by molar-refractivity contribution is -0.117. The molecule has 0 saturated carbocycles. The molecule has 96 valence electrons. The number of hydrogen-bond acceptors (Lipinski definition) is 2. The highest BCUT2D eigenvalue weighted by Crippen LogP contribution is 2.10. The Hall–Kier alpha value is -2.42. The lowest BCUT2D eigenvalue weighted by Crippen LogP contribution is -2.24. The van der Waals surface area contributed by atoms with Gasteiger partial charge in [-0.2, -0.15) is 0 Å². The first kappa shape index (κ1) is 13.0. The Bertz CT molecular complexity index is 549. The van der Waals surface area contributed by atoms with Crippen LogP contribution in [0.5, 0.6) is 0 Å². The van der Waals surface area contributed by atoms with E-state index in [1.807, 2.05) is 49.4 Å². The van der Waals surface area contributed by atoms with Crippen molar-refractivity contribution in [3.63, 3.8) is 0 Å². The third kappa shape index (κ3) is 4.07. The van der Waals surface area contributed by atoms with Gasteiger partial charge in [0.25, 0.3) is 0 Å². The lowest BCUT2D eigenvalue weighted by Gasteiger charge is -2.12. The molecule has 1 amide bonds. The molecule has 0 aliphatic carbocycles. The summed E-state index contributed by atoms with van der Waals surface area (Å²) in [6.07, 6.45) is 6.79. The Morgan fingerprint density at radius 1 is 1.16 bits per heavy atom. The van der Waals surface area contributed by atoms with Gasteiger partial charge in [-0.3, -0.25) is 9.78 Å². The van der Waals surface area contributed by atoms with E-state index in [-0.39, 0.29) is 11.9 Å². The average Bonchev–Trinajstić information content (AvgIpc) is 2.47. The fraction of sp³-hybridized carbons (Fsp3) is 0.125. The summed E-state index contributed by atoms with van der Waals surface area (Å²) >= 11 is 0. The van der Waals surface area contributed by atoms with Crippen LogP contribution in [0.4, 0.5) is 0 Å². The van der Waals surface area contributed by atoms with E-state index in [0.717, 1.165) is 11.1 Å². The van der Waals surface area contributed by atoms with Crippen LogP contribution < -0.4 is 5.32 Å². The maximum atomic E-state index is 11.8. The zero-order valence-corrected chi connectivity index (χ0v) is 10.8. The molecule has 0 spiro atoms. The number of benzene rings is 1. The van der Waals surface area contributed by atoms with Crippen LogP contribution in [0.2, 0.25) is 0 Å². The quantitative estimate of drug-likeness (QED) is 0.850. The van der Waals surface area contributed by atoms with Crippen molar-refractivity contribution in [2.24, 2.45) is 0 Å². The zero-order chi connectivity index (χ0) is 13.5. The van der Waals surface area contributed by atoms with E-state index in [1.54, 1.807) is 24.5 Å². The van der Waals surface area contributed by atoms with Gasteiger partial charge < -0.3 is 5.32 Å². The molecule has 1 N–H and O–H groups in total. The van der Waals surface area contributed by atoms with Crippen molar-refractivity contribution in [2.75, 3.05) is 0 Å². The molecule has 1 aromatic heterocycles. The number of aromatic nitrogens is 1. The number of nitrogens with zero attached hydrogens (tertiary/aromatic N) is 1. The van der Waals surface area contributed by atoms with Crippen molar-refractivity contribution in [1.29, 1.82) is 0 Å². The molecule has 1 heterocycles. The normalized spacial score (nSPS) is 12.3. The van der Waals surface area contributed by atoms with Crippen LogP contribution in [0.15, 0.2) is 60.9 Å². The van der Waals surface area contributed by atoms with Crippen molar-refractivity contribution in [3.8, 4) is 0 Å². The molecule has 1 aromatic carbocycles. The third-order valence-corrected chi connectivity index (χ3v) is 2.79. The van der Waals surface area contributed by atoms with E-state index >= 15 is 0 Å². The molecule has 0 saturated heterocycles. The molecule has 1 unspecified atom stereocenters. The maximum Gasteiger partial charge on any atom is 0.244 e. The standard InChI is InChI=1S/C16H16N2O/c1-13(15-9-11-17-12-10-15)18-16(19)8-7-14-5-3-2-4-6-14/h2-13H,1H3,(H,18,19). The van der Waals surface area contributed by atoms with Gasteiger partial charge in [-0.25, -0.2) is 0 Å². The first-order valence-corrected chi connectivity index (χ1v) is 6.19. The summed E-state index contributed by atoms with van der Waals surface area (Å²) in [5.74, 6) is -0.104. The van der Waals surface area contributed by atoms with Crippen molar-refractivity contribution in [2.45, 2.75) is 13.0 Å². The number of rotatable bonds is 4. The third-order valence-electron chi connectivity index (χ3n) is 2.79. The second-order valence-electron chi connectivity index (χ2n) is 4.25. The van der Waals surface area contributed by atoms with Crippen molar-refractivity contribution in [3.05, 3.63) is 72.1 Å². The smallest absolute Gasteiger partial charge is 0.244 e. The fourth-order valence-corrected chi connectivity index (χ4v) is 1.73. The molecule has 2 aromatic rings. The molecule has 19 heavy (non-hydrogen) atoms. The van der Waals surface area contributed by atoms with Crippen LogP contribution in [0.25, 0.3) is 6.08 Å². The number of carbonyl (C=O) groups is 1. The topological polar surface area (TPSA) is 42.0 Å². The van der Waals surface area contributed by atoms with Crippen LogP contribution >= 0.6 is 0 Å². The Kier molecular flexibility index (Phi) is 4.45. The number of amides is 1. The highest BCUT2D eigenvalue weighted by molar-refractivity contribution is 5.91. The molecule has 3 nitrogen and oxygen atoms in total. The van der Waals surface area contributed by atoms with Crippen LogP contribution in [0.1, 0.15) is 24.1 Å². The van der Waals surface area contributed by atoms with Gasteiger partial charge in [-0.1, -0.05) is 30.3 Å². The average molecular weight is 252 g/mol. The summed E-state index contributed by atoms with van der Waals surface area (Å²) < 4.78 is 0. The second-order valence-corrected chi connectivity index (χ2v) is 4.25. The van der Waals surface area contributed by atoms with Gasteiger partial charge in [0.2, 0.25) is 5.91 Å². The maximum absolute atomic E-state index is 11.8. The van der Waals surface area contributed by atoms with E-state index in [4.69, 9.17) is 0 Å². The van der Waals surface area contributed by atoms with Gasteiger partial charge in [0.05, 0.1) is 6.04 Å². The number of nitrogens with one attached hydrogen (secondary N) is 1. The zero-order valence-electron chi connectivity index (χ0n) is 10.8. The molecular weight excluding hydrogens is 236 g/mol. The Labute approximate surface area is 113 Å². The molecular formula is C16H16N2O. The molecule has 0 aliphatic heterocycles. The van der Waals surface area contributed by atoms with Crippen LogP contribution in [0, 0.1) is 0 Å². The number of hydrogen-bond donors (Lipinski definition) is 1. The van der Waals surface area contributed by atoms with Gasteiger partial charge in [0.1, 0.15) is 0 Å². The SMILES string of the molecule is CC(NC(=O)C=Cc1ccccc1)c1ccncc1. The highest BCUT2D eigenvalue weighted by Gasteiger charge is 2.06. The molecule has 2 rings (SSSR count). The van der Waals surface area contributed by atoms with E-state index in [2.05, 4.69) is 10.3 Å². The predicted octanol–water partition coefficient (Wildman–Crippen LogP) is 2.97.